The summed E-state index contributed by atoms with van der Waals surface area (Å²) in [6, 6.07) is 0. The summed E-state index contributed by atoms with van der Waals surface area (Å²) in [6.45, 7) is 6.40. The minimum absolute atomic E-state index is 0. The molecule has 0 aliphatic carbocycles. The van der Waals surface area contributed by atoms with E-state index in [1.807, 2.05) is 0 Å². The second-order valence-corrected chi connectivity index (χ2v) is 4.14. The first-order chi connectivity index (χ1) is 5.69. The van der Waals surface area contributed by atoms with Crippen molar-refractivity contribution in [3.8, 4) is 0 Å². The van der Waals surface area contributed by atoms with Gasteiger partial charge in [0.15, 0.2) is 0 Å². The molecule has 0 amide bonds. The molecular weight excluding hydrogens is 234 g/mol. The van der Waals surface area contributed by atoms with Crippen molar-refractivity contribution in [3.05, 3.63) is 12.7 Å². The average Bonchev–Trinajstić information content (AvgIpc) is 1.83. The van der Waals surface area contributed by atoms with Crippen molar-refractivity contribution in [1.29, 1.82) is 5.41 Å². The molecule has 1 N–H and O–H groups in total. The Hall–Kier alpha value is 0.380. The van der Waals surface area contributed by atoms with Gasteiger partial charge in [0.1, 0.15) is 0 Å². The molecule has 78 valence electrons. The van der Waals surface area contributed by atoms with Crippen LogP contribution in [-0.4, -0.2) is 62.4 Å². The molecule has 0 aliphatic rings. The Labute approximate surface area is 114 Å². The van der Waals surface area contributed by atoms with Gasteiger partial charge < -0.3 is 15.1 Å². The van der Waals surface area contributed by atoms with E-state index in [-0.39, 0.29) is 49.4 Å². The molecule has 0 spiro atoms. The summed E-state index contributed by atoms with van der Waals surface area (Å²) >= 11 is 0. The van der Waals surface area contributed by atoms with E-state index >= 15 is 0 Å². The quantitative estimate of drug-likeness (QED) is 0.308. The van der Waals surface area contributed by atoms with Crippen LogP contribution in [0.25, 0.3) is 0 Å². The van der Waals surface area contributed by atoms with Gasteiger partial charge in [0.05, 0.1) is 10.1 Å². The fraction of sp³-hybridized carbons (Fsp3) is 0.571. The van der Waals surface area contributed by atoms with Gasteiger partial charge in [0.2, 0.25) is 0 Å². The summed E-state index contributed by atoms with van der Waals surface area (Å²) in [6.07, 6.45) is 0.944. The Morgan fingerprint density at radius 1 is 1.57 bits per heavy atom. The summed E-state index contributed by atoms with van der Waals surface area (Å²) in [5.41, 5.74) is 0. The van der Waals surface area contributed by atoms with Crippen molar-refractivity contribution in [1.82, 2.24) is 0 Å². The molecule has 0 rings (SSSR count). The molecular formula is C7H13CaNO4S. The minimum Gasteiger partial charge on any atom is -0.859 e. The number of rotatable bonds is 3. The molecule has 5 nitrogen and oxygen atoms in total. The molecule has 7 heteroatoms. The predicted octanol–water partition coefficient (Wildman–Crippen LogP) is -0.683. The maximum Gasteiger partial charge on any atom is 2.00 e. The number of hydrogen-bond donors (Lipinski definition) is 1. The molecule has 0 aromatic heterocycles. The number of hydrogen-bond acceptors (Lipinski definition) is 5. The van der Waals surface area contributed by atoms with Gasteiger partial charge in [0.25, 0.3) is 0 Å². The van der Waals surface area contributed by atoms with Crippen LogP contribution < -0.4 is 5.11 Å². The van der Waals surface area contributed by atoms with Crippen LogP contribution in [0, 0.1) is 11.3 Å². The molecule has 0 radical (unpaired) electrons. The van der Waals surface area contributed by atoms with Gasteiger partial charge in [0, 0.05) is 5.75 Å². The fourth-order valence-corrected chi connectivity index (χ4v) is 1.22. The van der Waals surface area contributed by atoms with Gasteiger partial charge in [-0.15, -0.1) is 0 Å². The van der Waals surface area contributed by atoms with Gasteiger partial charge in [-0.25, -0.2) is 8.42 Å². The molecule has 0 heterocycles. The summed E-state index contributed by atoms with van der Waals surface area (Å²) in [7, 11) is -3.97. The van der Waals surface area contributed by atoms with Gasteiger partial charge in [-0.1, -0.05) is 26.5 Å². The molecule has 0 bridgehead atoms. The Balaban J connectivity index is -0.000000177. The SMILES string of the molecule is C=CC(=N)[O-].CC(C)CS(=O)(=O)[O-].[Ca+2]. The van der Waals surface area contributed by atoms with E-state index in [9.17, 15) is 18.1 Å². The Kier molecular flexibility index (Phi) is 14.1. The third kappa shape index (κ3) is 29.4. The van der Waals surface area contributed by atoms with E-state index in [1.54, 1.807) is 13.8 Å². The van der Waals surface area contributed by atoms with E-state index < -0.39 is 16.0 Å². The maximum absolute atomic E-state index is 9.89. The van der Waals surface area contributed by atoms with Gasteiger partial charge in [-0.05, 0) is 11.8 Å². The Morgan fingerprint density at radius 3 is 1.86 bits per heavy atom. The Bertz CT molecular complexity index is 261. The van der Waals surface area contributed by atoms with Crippen molar-refractivity contribution in [2.45, 2.75) is 13.8 Å². The van der Waals surface area contributed by atoms with Crippen molar-refractivity contribution in [3.63, 3.8) is 0 Å². The van der Waals surface area contributed by atoms with Crippen LogP contribution in [0.3, 0.4) is 0 Å². The zero-order chi connectivity index (χ0) is 11.1. The normalized spacial score (nSPS) is 9.43. The molecule has 14 heavy (non-hydrogen) atoms. The van der Waals surface area contributed by atoms with Gasteiger partial charge >= 0.3 is 37.7 Å². The zero-order valence-electron chi connectivity index (χ0n) is 8.32. The smallest absolute Gasteiger partial charge is 0.859 e. The largest absolute Gasteiger partial charge is 2.00 e. The van der Waals surface area contributed by atoms with Gasteiger partial charge in [-0.3, -0.25) is 0 Å². The molecule has 0 unspecified atom stereocenters. The van der Waals surface area contributed by atoms with E-state index in [0.717, 1.165) is 6.08 Å². The topological polar surface area (TPSA) is 104 Å². The van der Waals surface area contributed by atoms with E-state index in [2.05, 4.69) is 6.58 Å². The van der Waals surface area contributed by atoms with Crippen LogP contribution in [0.1, 0.15) is 13.8 Å². The molecule has 0 aromatic rings. The van der Waals surface area contributed by atoms with E-state index in [0.29, 0.717) is 0 Å². The zero-order valence-corrected chi connectivity index (χ0v) is 11.3. The monoisotopic (exact) mass is 247 g/mol. The third-order valence-electron chi connectivity index (χ3n) is 0.723. The first-order valence-electron chi connectivity index (χ1n) is 3.50. The van der Waals surface area contributed by atoms with Crippen LogP contribution >= 0.6 is 0 Å². The van der Waals surface area contributed by atoms with Crippen LogP contribution in [0.5, 0.6) is 0 Å². The first kappa shape index (κ1) is 19.9. The Morgan fingerprint density at radius 2 is 1.86 bits per heavy atom. The van der Waals surface area contributed by atoms with E-state index in [1.165, 1.54) is 0 Å². The van der Waals surface area contributed by atoms with Crippen molar-refractivity contribution in [2.24, 2.45) is 5.92 Å². The van der Waals surface area contributed by atoms with Gasteiger partial charge in [-0.2, -0.15) is 0 Å². The van der Waals surface area contributed by atoms with Crippen LogP contribution in [-0.2, 0) is 10.1 Å². The number of nitrogens with one attached hydrogen (secondary N) is 1. The molecule has 0 aliphatic heterocycles. The summed E-state index contributed by atoms with van der Waals surface area (Å²) in [5.74, 6) is -1.05. The summed E-state index contributed by atoms with van der Waals surface area (Å²) in [5, 5.41) is 15.4. The maximum atomic E-state index is 9.89. The summed E-state index contributed by atoms with van der Waals surface area (Å²) in [4.78, 5) is 0. The van der Waals surface area contributed by atoms with Crippen molar-refractivity contribution >= 4 is 53.8 Å². The average molecular weight is 247 g/mol. The van der Waals surface area contributed by atoms with Crippen LogP contribution in [0.4, 0.5) is 0 Å². The first-order valence-corrected chi connectivity index (χ1v) is 5.08. The predicted molar refractivity (Wildman–Crippen MR) is 53.1 cm³/mol. The summed E-state index contributed by atoms with van der Waals surface area (Å²) < 4.78 is 29.7. The van der Waals surface area contributed by atoms with Crippen LogP contribution in [0.2, 0.25) is 0 Å². The second kappa shape index (κ2) is 9.92. The molecule has 0 saturated carbocycles. The second-order valence-electron chi connectivity index (χ2n) is 2.69. The molecule has 0 saturated heterocycles. The van der Waals surface area contributed by atoms with Crippen molar-refractivity contribution < 1.29 is 18.1 Å². The fourth-order valence-electron chi connectivity index (χ4n) is 0.408. The third-order valence-corrected chi connectivity index (χ3v) is 1.80. The minimum atomic E-state index is -3.97. The van der Waals surface area contributed by atoms with Crippen molar-refractivity contribution in [2.75, 3.05) is 5.75 Å². The standard InChI is InChI=1S/C4H10O3S.C3H5NO.Ca/c1-4(2)3-8(5,6)7;1-2-3(4)5;/h4H,3H2,1-2H3,(H,5,6,7);2H,1H2,(H2,4,5);/q;;+2/p-2. The molecule has 0 atom stereocenters. The molecule has 0 aromatic carbocycles. The van der Waals surface area contributed by atoms with E-state index in [4.69, 9.17) is 5.41 Å². The molecule has 0 fully saturated rings. The van der Waals surface area contributed by atoms with Crippen LogP contribution in [0.15, 0.2) is 12.7 Å².